The second kappa shape index (κ2) is 8.37. The minimum Gasteiger partial charge on any atom is -0.406 e. The summed E-state index contributed by atoms with van der Waals surface area (Å²) in [6, 6.07) is 6.16. The van der Waals surface area contributed by atoms with Crippen LogP contribution in [0.3, 0.4) is 0 Å². The van der Waals surface area contributed by atoms with E-state index in [1.165, 1.54) is 12.1 Å². The number of benzene rings is 1. The van der Waals surface area contributed by atoms with Gasteiger partial charge in [-0.1, -0.05) is 31.4 Å². The van der Waals surface area contributed by atoms with Crippen molar-refractivity contribution in [3.63, 3.8) is 0 Å². The van der Waals surface area contributed by atoms with Crippen LogP contribution in [-0.2, 0) is 0 Å². The van der Waals surface area contributed by atoms with Crippen LogP contribution in [0.25, 0.3) is 0 Å². The zero-order valence-corrected chi connectivity index (χ0v) is 15.8. The van der Waals surface area contributed by atoms with E-state index < -0.39 is 12.0 Å². The van der Waals surface area contributed by atoms with Crippen molar-refractivity contribution in [2.24, 2.45) is 0 Å². The molecule has 1 aromatic carbocycles. The topological polar surface area (TPSA) is 35.9 Å². The van der Waals surface area contributed by atoms with E-state index in [4.69, 9.17) is 0 Å². The lowest BCUT2D eigenvalue weighted by Crippen LogP contribution is -2.50. The number of piperazine rings is 1. The van der Waals surface area contributed by atoms with Crippen LogP contribution in [-0.4, -0.2) is 66.6 Å². The SMILES string of the molecule is CN1CCN(C[C@@H](c2cccc(OC(F)(F)F)c2)C2(O)CCCCC2)CC1. The lowest BCUT2D eigenvalue weighted by atomic mass is 9.72. The van der Waals surface area contributed by atoms with E-state index in [9.17, 15) is 18.3 Å². The summed E-state index contributed by atoms with van der Waals surface area (Å²) < 4.78 is 42.0. The molecule has 1 heterocycles. The fourth-order valence-electron chi connectivity index (χ4n) is 4.32. The van der Waals surface area contributed by atoms with E-state index in [0.29, 0.717) is 19.4 Å². The van der Waals surface area contributed by atoms with Gasteiger partial charge in [0.05, 0.1) is 5.60 Å². The molecule has 4 nitrogen and oxygen atoms in total. The third-order valence-electron chi connectivity index (χ3n) is 5.90. The first kappa shape index (κ1) is 20.4. The number of rotatable bonds is 5. The summed E-state index contributed by atoms with van der Waals surface area (Å²) in [7, 11) is 2.08. The first-order valence-electron chi connectivity index (χ1n) is 9.74. The van der Waals surface area contributed by atoms with Gasteiger partial charge in [0.15, 0.2) is 0 Å². The van der Waals surface area contributed by atoms with Crippen molar-refractivity contribution in [2.75, 3.05) is 39.8 Å². The Hall–Kier alpha value is -1.31. The van der Waals surface area contributed by atoms with Crippen LogP contribution < -0.4 is 4.74 Å². The van der Waals surface area contributed by atoms with Gasteiger partial charge < -0.3 is 19.6 Å². The van der Waals surface area contributed by atoms with Crippen LogP contribution in [0.15, 0.2) is 24.3 Å². The van der Waals surface area contributed by atoms with Gasteiger partial charge >= 0.3 is 6.36 Å². The van der Waals surface area contributed by atoms with E-state index >= 15 is 0 Å². The number of likely N-dealkylation sites (N-methyl/N-ethyl adjacent to an activating group) is 1. The summed E-state index contributed by atoms with van der Waals surface area (Å²) in [4.78, 5) is 4.58. The van der Waals surface area contributed by atoms with Crippen molar-refractivity contribution < 1.29 is 23.0 Å². The molecule has 1 aliphatic carbocycles. The predicted octanol–water partition coefficient (Wildman–Crippen LogP) is 3.61. The molecule has 2 aliphatic rings. The van der Waals surface area contributed by atoms with Gasteiger partial charge in [0.1, 0.15) is 5.75 Å². The predicted molar refractivity (Wildman–Crippen MR) is 97.8 cm³/mol. The molecule has 0 radical (unpaired) electrons. The zero-order valence-electron chi connectivity index (χ0n) is 15.8. The second-order valence-corrected chi connectivity index (χ2v) is 7.94. The highest BCUT2D eigenvalue weighted by Gasteiger charge is 2.40. The monoisotopic (exact) mass is 386 g/mol. The van der Waals surface area contributed by atoms with Gasteiger partial charge in [-0.25, -0.2) is 0 Å². The molecule has 2 fully saturated rings. The van der Waals surface area contributed by atoms with E-state index in [0.717, 1.165) is 51.0 Å². The fraction of sp³-hybridized carbons (Fsp3) is 0.700. The van der Waals surface area contributed by atoms with E-state index in [1.807, 2.05) is 6.07 Å². The molecule has 0 aromatic heterocycles. The molecule has 1 aromatic rings. The number of hydrogen-bond donors (Lipinski definition) is 1. The third-order valence-corrected chi connectivity index (χ3v) is 5.90. The normalized spacial score (nSPS) is 23.1. The van der Waals surface area contributed by atoms with E-state index in [2.05, 4.69) is 21.6 Å². The molecular formula is C20H29F3N2O2. The van der Waals surface area contributed by atoms with Crippen LogP contribution in [0, 0.1) is 0 Å². The van der Waals surface area contributed by atoms with Gasteiger partial charge in [0, 0.05) is 38.6 Å². The van der Waals surface area contributed by atoms with Crippen molar-refractivity contribution in [2.45, 2.75) is 50.0 Å². The number of aliphatic hydroxyl groups is 1. The highest BCUT2D eigenvalue weighted by Crippen LogP contribution is 2.41. The lowest BCUT2D eigenvalue weighted by molar-refractivity contribution is -0.274. The Kier molecular flexibility index (Phi) is 6.33. The number of alkyl halides is 3. The summed E-state index contributed by atoms with van der Waals surface area (Å²) >= 11 is 0. The molecule has 0 bridgehead atoms. The average Bonchev–Trinajstić information content (AvgIpc) is 2.60. The highest BCUT2D eigenvalue weighted by atomic mass is 19.4. The van der Waals surface area contributed by atoms with Crippen LogP contribution in [0.2, 0.25) is 0 Å². The molecule has 27 heavy (non-hydrogen) atoms. The van der Waals surface area contributed by atoms with Gasteiger partial charge in [0.2, 0.25) is 0 Å². The molecule has 0 unspecified atom stereocenters. The van der Waals surface area contributed by atoms with E-state index in [1.54, 1.807) is 6.07 Å². The molecule has 3 rings (SSSR count). The maximum absolute atomic E-state index is 12.6. The minimum absolute atomic E-state index is 0.220. The maximum atomic E-state index is 12.6. The molecule has 7 heteroatoms. The molecule has 0 spiro atoms. The Labute approximate surface area is 158 Å². The largest absolute Gasteiger partial charge is 0.573 e. The van der Waals surface area contributed by atoms with Crippen LogP contribution in [0.5, 0.6) is 5.75 Å². The number of ether oxygens (including phenoxy) is 1. The number of hydrogen-bond acceptors (Lipinski definition) is 4. The van der Waals surface area contributed by atoms with Crippen molar-refractivity contribution in [3.8, 4) is 5.75 Å². The summed E-state index contributed by atoms with van der Waals surface area (Å²) in [6.45, 7) is 4.38. The third kappa shape index (κ3) is 5.59. The molecule has 1 saturated carbocycles. The smallest absolute Gasteiger partial charge is 0.406 e. The lowest BCUT2D eigenvalue weighted by Gasteiger charge is -2.43. The first-order valence-corrected chi connectivity index (χ1v) is 9.74. The molecule has 1 aliphatic heterocycles. The molecule has 1 N–H and O–H groups in total. The Bertz CT molecular complexity index is 609. The van der Waals surface area contributed by atoms with Crippen molar-refractivity contribution in [3.05, 3.63) is 29.8 Å². The highest BCUT2D eigenvalue weighted by molar-refractivity contribution is 5.33. The molecule has 1 atom stereocenters. The van der Waals surface area contributed by atoms with Crippen molar-refractivity contribution >= 4 is 0 Å². The minimum atomic E-state index is -4.71. The Morgan fingerprint density at radius 2 is 1.78 bits per heavy atom. The number of halogens is 3. The molecular weight excluding hydrogens is 357 g/mol. The van der Waals surface area contributed by atoms with E-state index in [-0.39, 0.29) is 11.7 Å². The van der Waals surface area contributed by atoms with Crippen molar-refractivity contribution in [1.29, 1.82) is 0 Å². The summed E-state index contributed by atoms with van der Waals surface area (Å²) in [5.74, 6) is -0.444. The second-order valence-electron chi connectivity index (χ2n) is 7.94. The zero-order chi connectivity index (χ0) is 19.5. The summed E-state index contributed by atoms with van der Waals surface area (Å²) in [5.41, 5.74) is -0.154. The quantitative estimate of drug-likeness (QED) is 0.839. The Morgan fingerprint density at radius 3 is 2.41 bits per heavy atom. The Balaban J connectivity index is 1.84. The Morgan fingerprint density at radius 1 is 1.11 bits per heavy atom. The number of nitrogens with zero attached hydrogens (tertiary/aromatic N) is 2. The van der Waals surface area contributed by atoms with Gasteiger partial charge in [-0.05, 0) is 37.6 Å². The first-order chi connectivity index (χ1) is 12.8. The standard InChI is InChI=1S/C20H29F3N2O2/c1-24-10-12-25(13-11-24)15-18(19(26)8-3-2-4-9-19)16-6-5-7-17(14-16)27-20(21,22)23/h5-7,14,18,26H,2-4,8-13,15H2,1H3/t18-/m0/s1. The summed E-state index contributed by atoms with van der Waals surface area (Å²) in [5, 5.41) is 11.4. The van der Waals surface area contributed by atoms with Gasteiger partial charge in [-0.3, -0.25) is 0 Å². The van der Waals surface area contributed by atoms with Gasteiger partial charge in [-0.15, -0.1) is 13.2 Å². The molecule has 0 amide bonds. The summed E-state index contributed by atoms with van der Waals surface area (Å²) in [6.07, 6.45) is -0.331. The maximum Gasteiger partial charge on any atom is 0.573 e. The van der Waals surface area contributed by atoms with Crippen LogP contribution >= 0.6 is 0 Å². The van der Waals surface area contributed by atoms with Crippen LogP contribution in [0.1, 0.15) is 43.6 Å². The van der Waals surface area contributed by atoms with Crippen LogP contribution in [0.4, 0.5) is 13.2 Å². The average molecular weight is 386 g/mol. The molecule has 1 saturated heterocycles. The molecule has 152 valence electrons. The van der Waals surface area contributed by atoms with Gasteiger partial charge in [-0.2, -0.15) is 0 Å². The van der Waals surface area contributed by atoms with Crippen molar-refractivity contribution in [1.82, 2.24) is 9.80 Å². The fourth-order valence-corrected chi connectivity index (χ4v) is 4.32. The van der Waals surface area contributed by atoms with Gasteiger partial charge in [0.25, 0.3) is 0 Å².